The van der Waals surface area contributed by atoms with E-state index in [1.165, 1.54) is 18.4 Å². The summed E-state index contributed by atoms with van der Waals surface area (Å²) in [4.78, 5) is 25.7. The fourth-order valence-electron chi connectivity index (χ4n) is 9.64. The lowest BCUT2D eigenvalue weighted by Crippen LogP contribution is -2.57. The molecule has 0 unspecified atom stereocenters. The number of hydrogen-bond donors (Lipinski definition) is 0. The summed E-state index contributed by atoms with van der Waals surface area (Å²) in [6.45, 7) is 16.1. The van der Waals surface area contributed by atoms with Gasteiger partial charge in [-0.15, -0.1) is 0 Å². The molecule has 5 aliphatic rings. The second kappa shape index (κ2) is 7.31. The first-order valence-electron chi connectivity index (χ1n) is 13.4. The van der Waals surface area contributed by atoms with Crippen molar-refractivity contribution in [3.05, 3.63) is 23.3 Å². The van der Waals surface area contributed by atoms with Crippen molar-refractivity contribution in [3.63, 3.8) is 0 Å². The van der Waals surface area contributed by atoms with Crippen LogP contribution in [-0.2, 0) is 14.3 Å². The van der Waals surface area contributed by atoms with Gasteiger partial charge < -0.3 is 4.74 Å². The van der Waals surface area contributed by atoms with Crippen LogP contribution in [-0.4, -0.2) is 17.9 Å². The number of Topliss-reactive ketones (excluding diaryl/α,β-unsaturated/α-hetero) is 1. The highest BCUT2D eigenvalue weighted by molar-refractivity contribution is 5.85. The van der Waals surface area contributed by atoms with E-state index in [2.05, 4.69) is 60.6 Å². The van der Waals surface area contributed by atoms with Crippen molar-refractivity contribution in [1.29, 1.82) is 0 Å². The molecule has 3 heteroatoms. The van der Waals surface area contributed by atoms with Crippen molar-refractivity contribution in [1.82, 2.24) is 0 Å². The molecule has 0 aromatic carbocycles. The van der Waals surface area contributed by atoms with Gasteiger partial charge >= 0.3 is 5.97 Å². The molecule has 1 aliphatic heterocycles. The lowest BCUT2D eigenvalue weighted by atomic mass is 9.41. The van der Waals surface area contributed by atoms with Crippen LogP contribution < -0.4 is 0 Å². The van der Waals surface area contributed by atoms with Gasteiger partial charge in [0, 0.05) is 17.8 Å². The summed E-state index contributed by atoms with van der Waals surface area (Å²) in [5.41, 5.74) is 3.13. The lowest BCUT2D eigenvalue weighted by Gasteiger charge is -2.63. The number of hydrogen-bond acceptors (Lipinski definition) is 3. The Bertz CT molecular complexity index is 936. The smallest absolute Gasteiger partial charge is 0.309 e. The monoisotopic (exact) mass is 452 g/mol. The molecular weight excluding hydrogens is 408 g/mol. The average Bonchev–Trinajstić information content (AvgIpc) is 3.14. The highest BCUT2D eigenvalue weighted by Gasteiger charge is 2.70. The molecule has 0 N–H and O–H groups in total. The maximum absolute atomic E-state index is 12.9. The molecular formula is C30H44O3. The highest BCUT2D eigenvalue weighted by Crippen LogP contribution is 2.74. The highest BCUT2D eigenvalue weighted by atomic mass is 16.6. The summed E-state index contributed by atoms with van der Waals surface area (Å²) in [7, 11) is 0. The van der Waals surface area contributed by atoms with E-state index < -0.39 is 0 Å². The van der Waals surface area contributed by atoms with Gasteiger partial charge in [0.25, 0.3) is 0 Å². The van der Waals surface area contributed by atoms with E-state index in [0.717, 1.165) is 38.5 Å². The minimum absolute atomic E-state index is 0.0349. The van der Waals surface area contributed by atoms with E-state index in [4.69, 9.17) is 4.74 Å². The van der Waals surface area contributed by atoms with Crippen molar-refractivity contribution >= 4 is 11.8 Å². The van der Waals surface area contributed by atoms with Crippen molar-refractivity contribution in [2.24, 2.45) is 45.3 Å². The quantitative estimate of drug-likeness (QED) is 0.340. The predicted octanol–water partition coefficient (Wildman–Crippen LogP) is 7.06. The number of carbonyl (C=O) groups is 2. The second-order valence-corrected chi connectivity index (χ2v) is 13.6. The van der Waals surface area contributed by atoms with E-state index in [1.54, 1.807) is 5.57 Å². The van der Waals surface area contributed by atoms with Crippen molar-refractivity contribution < 1.29 is 14.3 Å². The van der Waals surface area contributed by atoms with Crippen LogP contribution in [0, 0.1) is 45.3 Å². The largest absolute Gasteiger partial charge is 0.462 e. The second-order valence-electron chi connectivity index (χ2n) is 13.6. The van der Waals surface area contributed by atoms with E-state index >= 15 is 0 Å². The Kier molecular flexibility index (Phi) is 5.18. The first-order chi connectivity index (χ1) is 15.4. The van der Waals surface area contributed by atoms with Crippen LogP contribution in [0.1, 0.15) is 99.8 Å². The van der Waals surface area contributed by atoms with Gasteiger partial charge in [-0.25, -0.2) is 0 Å². The van der Waals surface area contributed by atoms with E-state index in [0.29, 0.717) is 23.5 Å². The summed E-state index contributed by atoms with van der Waals surface area (Å²) in [6.07, 6.45) is 12.9. The maximum atomic E-state index is 12.9. The molecule has 3 saturated carbocycles. The first kappa shape index (κ1) is 23.4. The van der Waals surface area contributed by atoms with Gasteiger partial charge in [-0.05, 0) is 86.9 Å². The fourth-order valence-corrected chi connectivity index (χ4v) is 9.64. The molecule has 0 spiro atoms. The number of fused-ring (bicyclic) bond motifs is 7. The van der Waals surface area contributed by atoms with Crippen LogP contribution in [0.5, 0.6) is 0 Å². The van der Waals surface area contributed by atoms with Gasteiger partial charge in [0.15, 0.2) is 0 Å². The van der Waals surface area contributed by atoms with Crippen LogP contribution >= 0.6 is 0 Å². The zero-order chi connectivity index (χ0) is 24.0. The third-order valence-corrected chi connectivity index (χ3v) is 11.7. The first-order valence-corrected chi connectivity index (χ1v) is 13.4. The van der Waals surface area contributed by atoms with Crippen LogP contribution in [0.25, 0.3) is 0 Å². The van der Waals surface area contributed by atoms with Gasteiger partial charge in [0.2, 0.25) is 0 Å². The van der Waals surface area contributed by atoms with Crippen molar-refractivity contribution in [2.75, 3.05) is 0 Å². The zero-order valence-corrected chi connectivity index (χ0v) is 21.9. The van der Waals surface area contributed by atoms with Crippen molar-refractivity contribution in [3.8, 4) is 0 Å². The van der Waals surface area contributed by atoms with Crippen LogP contribution in [0.3, 0.4) is 0 Å². The molecule has 1 heterocycles. The number of esters is 1. The van der Waals surface area contributed by atoms with Gasteiger partial charge in [-0.2, -0.15) is 0 Å². The van der Waals surface area contributed by atoms with E-state index in [1.807, 2.05) is 0 Å². The van der Waals surface area contributed by atoms with Crippen LogP contribution in [0.4, 0.5) is 0 Å². The minimum Gasteiger partial charge on any atom is -0.462 e. The summed E-state index contributed by atoms with van der Waals surface area (Å²) >= 11 is 0. The summed E-state index contributed by atoms with van der Waals surface area (Å²) in [5.74, 6) is 1.86. The summed E-state index contributed by atoms with van der Waals surface area (Å²) in [6, 6.07) is 0. The Morgan fingerprint density at radius 1 is 1.12 bits per heavy atom. The summed E-state index contributed by atoms with van der Waals surface area (Å²) in [5, 5.41) is 0. The molecule has 8 atom stereocenters. The SMILES string of the molecule is CC(C)=CCC[C@H]1C(=O)O[C@@H]2C[C@]3(C)C4=CC[C@H]5C(C)(C)C(=O)CC[C@]5(C)[C@H]4CC[C@@]3(C)[C@@H]21. The molecule has 5 rings (SSSR count). The average molecular weight is 453 g/mol. The lowest BCUT2D eigenvalue weighted by molar-refractivity contribution is -0.147. The van der Waals surface area contributed by atoms with E-state index in [9.17, 15) is 9.59 Å². The molecule has 4 fully saturated rings. The third kappa shape index (κ3) is 2.99. The van der Waals surface area contributed by atoms with E-state index in [-0.39, 0.29) is 39.7 Å². The Balaban J connectivity index is 1.49. The molecule has 0 radical (unpaired) electrons. The number of carbonyl (C=O) groups excluding carboxylic acids is 2. The fraction of sp³-hybridized carbons (Fsp3) is 0.800. The number of allylic oxidation sites excluding steroid dienone is 4. The third-order valence-electron chi connectivity index (χ3n) is 11.7. The molecule has 1 saturated heterocycles. The molecule has 0 aromatic heterocycles. The Hall–Kier alpha value is -1.38. The molecule has 182 valence electrons. The standard InChI is InChI=1S/C30H44O3/c1-18(2)9-8-10-19-25-22(33-26(19)32)17-30(7)21-11-12-23-27(3,4)24(31)14-15-28(23,5)20(21)13-16-29(25,30)6/h9,11,19-20,22-23,25H,8,10,12-17H2,1-7H3/t19-,20+,22-,23+,25-,28-,29+,30-/m1/s1. The number of rotatable bonds is 3. The zero-order valence-electron chi connectivity index (χ0n) is 21.9. The topological polar surface area (TPSA) is 43.4 Å². The predicted molar refractivity (Wildman–Crippen MR) is 131 cm³/mol. The Morgan fingerprint density at radius 3 is 2.55 bits per heavy atom. The van der Waals surface area contributed by atoms with Gasteiger partial charge in [0.1, 0.15) is 11.9 Å². The molecule has 0 aromatic rings. The molecule has 3 nitrogen and oxygen atoms in total. The Labute approximate surface area is 200 Å². The maximum Gasteiger partial charge on any atom is 0.309 e. The summed E-state index contributed by atoms with van der Waals surface area (Å²) < 4.78 is 6.10. The van der Waals surface area contributed by atoms with Gasteiger partial charge in [-0.3, -0.25) is 9.59 Å². The Morgan fingerprint density at radius 2 is 1.85 bits per heavy atom. The molecule has 0 bridgehead atoms. The number of ether oxygens (including phenoxy) is 1. The number of ketones is 1. The molecule has 0 amide bonds. The minimum atomic E-state index is -0.228. The van der Waals surface area contributed by atoms with Crippen LogP contribution in [0.2, 0.25) is 0 Å². The van der Waals surface area contributed by atoms with Crippen molar-refractivity contribution in [2.45, 2.75) is 106 Å². The van der Waals surface area contributed by atoms with Crippen LogP contribution in [0.15, 0.2) is 23.3 Å². The molecule has 33 heavy (non-hydrogen) atoms. The van der Waals surface area contributed by atoms with Gasteiger partial charge in [-0.1, -0.05) is 57.9 Å². The normalized spacial score (nSPS) is 47.6. The van der Waals surface area contributed by atoms with Gasteiger partial charge in [0.05, 0.1) is 5.92 Å². The molecule has 4 aliphatic carbocycles.